The average Bonchev–Trinajstić information content (AvgIpc) is 2.73. The van der Waals surface area contributed by atoms with E-state index in [1.165, 1.54) is 0 Å². The van der Waals surface area contributed by atoms with Gasteiger partial charge in [-0.05, 0) is 43.8 Å². The predicted molar refractivity (Wildman–Crippen MR) is 128 cm³/mol. The lowest BCUT2D eigenvalue weighted by molar-refractivity contribution is -0.140. The zero-order valence-electron chi connectivity index (χ0n) is 18.1. The Balaban J connectivity index is 0.00000240. The largest absolute Gasteiger partial charge is 0.492 e. The Bertz CT molecular complexity index is 823. The number of rotatable bonds is 7. The van der Waals surface area contributed by atoms with Crippen LogP contribution in [0.5, 0.6) is 5.75 Å². The smallest absolute Gasteiger partial charge is 0.227 e. The number of likely N-dealkylation sites (N-methyl/N-ethyl adjacent to an activating group) is 1. The van der Waals surface area contributed by atoms with Crippen molar-refractivity contribution >= 4 is 30.7 Å². The molecule has 2 aromatic rings. The van der Waals surface area contributed by atoms with Crippen LogP contribution in [0.15, 0.2) is 54.6 Å². The molecule has 3 rings (SSSR count). The van der Waals surface area contributed by atoms with E-state index in [0.29, 0.717) is 32.7 Å². The van der Waals surface area contributed by atoms with Crippen LogP contribution in [0.2, 0.25) is 0 Å². The molecule has 0 saturated carbocycles. The van der Waals surface area contributed by atoms with E-state index < -0.39 is 11.6 Å². The summed E-state index contributed by atoms with van der Waals surface area (Å²) in [5, 5.41) is 11.1. The van der Waals surface area contributed by atoms with Crippen molar-refractivity contribution in [2.45, 2.75) is 24.5 Å². The van der Waals surface area contributed by atoms with Crippen molar-refractivity contribution < 1.29 is 14.6 Å². The molecule has 0 aromatic heterocycles. The van der Waals surface area contributed by atoms with E-state index in [-0.39, 0.29) is 37.1 Å². The Morgan fingerprint density at radius 1 is 1.19 bits per heavy atom. The van der Waals surface area contributed by atoms with Crippen LogP contribution in [0, 0.1) is 0 Å². The highest BCUT2D eigenvalue weighted by Crippen LogP contribution is 2.37. The lowest BCUT2D eigenvalue weighted by Crippen LogP contribution is -2.61. The SMILES string of the molecule is CN(C)[C@]1(c2ccccc2)CCN(C(=O)Cc2cccc(OCCN)c2)C[C@H]1O.Cl.Cl. The number of β-amino-alcohol motifs (C(OH)–C–C–N with tert-alkyl or cyclic N) is 1. The second-order valence-electron chi connectivity index (χ2n) is 7.75. The number of hydrogen-bond donors (Lipinski definition) is 2. The molecule has 1 amide bonds. The van der Waals surface area contributed by atoms with Crippen molar-refractivity contribution in [2.24, 2.45) is 5.73 Å². The number of piperidine rings is 1. The van der Waals surface area contributed by atoms with Gasteiger partial charge in [0.15, 0.2) is 0 Å². The van der Waals surface area contributed by atoms with Crippen LogP contribution < -0.4 is 10.5 Å². The van der Waals surface area contributed by atoms with Gasteiger partial charge in [-0.25, -0.2) is 0 Å². The predicted octanol–water partition coefficient (Wildman–Crippen LogP) is 2.46. The van der Waals surface area contributed by atoms with Gasteiger partial charge in [-0.15, -0.1) is 24.8 Å². The number of aliphatic hydroxyl groups excluding tert-OH is 1. The number of nitrogens with two attached hydrogens (primary N) is 1. The van der Waals surface area contributed by atoms with Gasteiger partial charge in [-0.2, -0.15) is 0 Å². The molecule has 2 aromatic carbocycles. The van der Waals surface area contributed by atoms with Gasteiger partial charge in [0.25, 0.3) is 0 Å². The minimum absolute atomic E-state index is 0. The standard InChI is InChI=1S/C23H31N3O3.2ClH/c1-25(2)23(19-8-4-3-5-9-19)11-13-26(17-21(23)27)22(28)16-18-7-6-10-20(15-18)29-14-12-24;;/h3-10,15,21,27H,11-14,16-17,24H2,1-2H3;2*1H/t21-,23+;;/m1../s1. The van der Waals surface area contributed by atoms with Crippen molar-refractivity contribution in [3.05, 3.63) is 65.7 Å². The summed E-state index contributed by atoms with van der Waals surface area (Å²) in [6.07, 6.45) is 0.292. The maximum absolute atomic E-state index is 12.9. The first-order chi connectivity index (χ1) is 14.0. The Labute approximate surface area is 197 Å². The Kier molecular flexibility index (Phi) is 10.8. The van der Waals surface area contributed by atoms with Gasteiger partial charge >= 0.3 is 0 Å². The number of likely N-dealkylation sites (tertiary alicyclic amines) is 1. The maximum Gasteiger partial charge on any atom is 0.227 e. The van der Waals surface area contributed by atoms with Crippen molar-refractivity contribution in [3.8, 4) is 5.75 Å². The molecule has 31 heavy (non-hydrogen) atoms. The molecule has 8 heteroatoms. The average molecular weight is 470 g/mol. The fourth-order valence-corrected chi connectivity index (χ4v) is 4.20. The zero-order valence-corrected chi connectivity index (χ0v) is 19.7. The van der Waals surface area contributed by atoms with Crippen molar-refractivity contribution in [2.75, 3.05) is 40.3 Å². The first-order valence-corrected chi connectivity index (χ1v) is 10.1. The number of carbonyl (C=O) groups is 1. The molecule has 0 spiro atoms. The van der Waals surface area contributed by atoms with Crippen molar-refractivity contribution in [1.82, 2.24) is 9.80 Å². The lowest BCUT2D eigenvalue weighted by atomic mass is 9.77. The van der Waals surface area contributed by atoms with E-state index >= 15 is 0 Å². The second kappa shape index (κ2) is 12.3. The summed E-state index contributed by atoms with van der Waals surface area (Å²) in [5.41, 5.74) is 6.96. The van der Waals surface area contributed by atoms with Crippen LogP contribution in [0.4, 0.5) is 0 Å². The quantitative estimate of drug-likeness (QED) is 0.650. The molecular weight excluding hydrogens is 437 g/mol. The highest BCUT2D eigenvalue weighted by Gasteiger charge is 2.46. The summed E-state index contributed by atoms with van der Waals surface area (Å²) in [5.74, 6) is 0.732. The summed E-state index contributed by atoms with van der Waals surface area (Å²) in [4.78, 5) is 16.7. The highest BCUT2D eigenvalue weighted by molar-refractivity contribution is 5.85. The first-order valence-electron chi connectivity index (χ1n) is 10.1. The van der Waals surface area contributed by atoms with Gasteiger partial charge in [-0.3, -0.25) is 9.69 Å². The molecule has 172 valence electrons. The van der Waals surface area contributed by atoms with E-state index in [2.05, 4.69) is 4.90 Å². The summed E-state index contributed by atoms with van der Waals surface area (Å²) in [6, 6.07) is 17.6. The number of amides is 1. The summed E-state index contributed by atoms with van der Waals surface area (Å²) in [6.45, 7) is 1.81. The number of aliphatic hydroxyl groups is 1. The number of hydrogen-bond acceptors (Lipinski definition) is 5. The topological polar surface area (TPSA) is 79.0 Å². The number of carbonyl (C=O) groups excluding carboxylic acids is 1. The van der Waals surface area contributed by atoms with E-state index in [1.807, 2.05) is 68.7 Å². The molecule has 1 aliphatic rings. The first kappa shape index (κ1) is 27.2. The molecule has 2 atom stereocenters. The summed E-state index contributed by atoms with van der Waals surface area (Å²) < 4.78 is 5.55. The number of nitrogens with zero attached hydrogens (tertiary/aromatic N) is 2. The molecule has 0 unspecified atom stereocenters. The molecule has 6 nitrogen and oxygen atoms in total. The van der Waals surface area contributed by atoms with Gasteiger partial charge in [0.1, 0.15) is 12.4 Å². The lowest BCUT2D eigenvalue weighted by Gasteiger charge is -2.49. The molecule has 1 aliphatic heterocycles. The fourth-order valence-electron chi connectivity index (χ4n) is 4.20. The molecular formula is C23H33Cl2N3O3. The summed E-state index contributed by atoms with van der Waals surface area (Å²) in [7, 11) is 3.97. The van der Waals surface area contributed by atoms with Crippen LogP contribution in [-0.4, -0.2) is 67.3 Å². The number of halogens is 2. The molecule has 0 bridgehead atoms. The van der Waals surface area contributed by atoms with Gasteiger partial charge in [0.2, 0.25) is 5.91 Å². The minimum atomic E-state index is -0.670. The van der Waals surface area contributed by atoms with Gasteiger partial charge in [-0.1, -0.05) is 42.5 Å². The third kappa shape index (κ3) is 6.11. The minimum Gasteiger partial charge on any atom is -0.492 e. The van der Waals surface area contributed by atoms with Crippen LogP contribution >= 0.6 is 24.8 Å². The zero-order chi connectivity index (χ0) is 20.9. The van der Waals surface area contributed by atoms with Crippen molar-refractivity contribution in [1.29, 1.82) is 0 Å². The molecule has 1 fully saturated rings. The van der Waals surface area contributed by atoms with Crippen LogP contribution in [0.25, 0.3) is 0 Å². The number of ether oxygens (including phenoxy) is 1. The van der Waals surface area contributed by atoms with E-state index in [4.69, 9.17) is 10.5 Å². The molecule has 0 aliphatic carbocycles. The van der Waals surface area contributed by atoms with E-state index in [0.717, 1.165) is 16.9 Å². The fraction of sp³-hybridized carbons (Fsp3) is 0.435. The normalized spacial score (nSPS) is 20.5. The highest BCUT2D eigenvalue weighted by atomic mass is 35.5. The van der Waals surface area contributed by atoms with Crippen LogP contribution in [-0.2, 0) is 16.8 Å². The van der Waals surface area contributed by atoms with Crippen molar-refractivity contribution in [3.63, 3.8) is 0 Å². The molecule has 3 N–H and O–H groups in total. The molecule has 1 heterocycles. The van der Waals surface area contributed by atoms with Crippen LogP contribution in [0.1, 0.15) is 17.5 Å². The van der Waals surface area contributed by atoms with E-state index in [1.54, 1.807) is 4.90 Å². The Morgan fingerprint density at radius 3 is 2.52 bits per heavy atom. The van der Waals surface area contributed by atoms with Gasteiger partial charge in [0, 0.05) is 19.6 Å². The Morgan fingerprint density at radius 2 is 1.90 bits per heavy atom. The third-order valence-electron chi connectivity index (χ3n) is 5.77. The molecule has 1 saturated heterocycles. The maximum atomic E-state index is 12.9. The van der Waals surface area contributed by atoms with E-state index in [9.17, 15) is 9.90 Å². The molecule has 0 radical (unpaired) electrons. The van der Waals surface area contributed by atoms with Gasteiger partial charge in [0.05, 0.1) is 18.1 Å². The third-order valence-corrected chi connectivity index (χ3v) is 5.77. The summed E-state index contributed by atoms with van der Waals surface area (Å²) >= 11 is 0. The number of benzene rings is 2. The Hall–Kier alpha value is -1.83. The second-order valence-corrected chi connectivity index (χ2v) is 7.75. The van der Waals surface area contributed by atoms with Crippen LogP contribution in [0.3, 0.4) is 0 Å². The van der Waals surface area contributed by atoms with Gasteiger partial charge < -0.3 is 20.5 Å². The monoisotopic (exact) mass is 469 g/mol.